The number of benzene rings is 2. The number of fused-ring (bicyclic) bond motifs is 6. The Kier molecular flexibility index (Phi) is 8.38. The van der Waals surface area contributed by atoms with Crippen LogP contribution in [0.4, 0.5) is 0 Å². The molecule has 12 heteroatoms. The molecule has 8 rings (SSSR count). The Morgan fingerprint density at radius 1 is 0.630 bits per heavy atom. The van der Waals surface area contributed by atoms with Crippen LogP contribution >= 0.6 is 46.4 Å². The van der Waals surface area contributed by atoms with E-state index in [-0.39, 0.29) is 11.1 Å². The first-order valence-electron chi connectivity index (χ1n) is 14.6. The summed E-state index contributed by atoms with van der Waals surface area (Å²) in [6, 6.07) is 17.7. The zero-order valence-corrected chi connectivity index (χ0v) is 27.1. The molecule has 0 spiro atoms. The maximum absolute atomic E-state index is 13.0. The molecule has 0 saturated heterocycles. The van der Waals surface area contributed by atoms with Crippen molar-refractivity contribution in [3.63, 3.8) is 0 Å². The third-order valence-electron chi connectivity index (χ3n) is 7.91. The number of nitrogens with zero attached hydrogens (tertiary/aromatic N) is 4. The van der Waals surface area contributed by atoms with E-state index in [1.165, 1.54) is 9.13 Å². The lowest BCUT2D eigenvalue weighted by Crippen LogP contribution is -2.27. The van der Waals surface area contributed by atoms with Crippen molar-refractivity contribution in [3.05, 3.63) is 125 Å². The molecular weight excluding hydrogens is 670 g/mol. The predicted octanol–water partition coefficient (Wildman–Crippen LogP) is 8.04. The van der Waals surface area contributed by atoms with Gasteiger partial charge in [-0.2, -0.15) is 0 Å². The Hall–Kier alpha value is -4.08. The van der Waals surface area contributed by atoms with Gasteiger partial charge < -0.3 is 9.47 Å². The quantitative estimate of drug-likeness (QED) is 0.183. The molecule has 46 heavy (non-hydrogen) atoms. The second-order valence-electron chi connectivity index (χ2n) is 10.7. The Morgan fingerprint density at radius 2 is 1.20 bits per heavy atom. The fraction of sp³-hybridized carbons (Fsp3) is 0.176. The van der Waals surface area contributed by atoms with Gasteiger partial charge in [-0.3, -0.25) is 18.7 Å². The normalized spacial score (nSPS) is 13.7. The van der Waals surface area contributed by atoms with Crippen LogP contribution in [0.15, 0.2) is 82.6 Å². The van der Waals surface area contributed by atoms with Crippen LogP contribution in [-0.4, -0.2) is 32.3 Å². The van der Waals surface area contributed by atoms with Crippen molar-refractivity contribution in [2.75, 3.05) is 13.2 Å². The molecule has 0 saturated carbocycles. The lowest BCUT2D eigenvalue weighted by Gasteiger charge is -2.21. The van der Waals surface area contributed by atoms with Crippen molar-refractivity contribution in [3.8, 4) is 22.9 Å². The van der Waals surface area contributed by atoms with Crippen molar-refractivity contribution >= 4 is 68.5 Å². The topological polar surface area (TPSA) is 88.2 Å². The van der Waals surface area contributed by atoms with Crippen LogP contribution < -0.4 is 20.6 Å². The zero-order chi connectivity index (χ0) is 31.9. The summed E-state index contributed by atoms with van der Waals surface area (Å²) >= 11 is 24.9. The average Bonchev–Trinajstić information content (AvgIpc) is 3.09. The third kappa shape index (κ3) is 5.29. The highest BCUT2D eigenvalue weighted by atomic mass is 35.5. The van der Waals surface area contributed by atoms with Gasteiger partial charge in [0.1, 0.15) is 11.5 Å². The summed E-state index contributed by atoms with van der Waals surface area (Å²) in [6.45, 7) is 1.22. The number of ether oxygens (including phenoxy) is 2. The Morgan fingerprint density at radius 3 is 1.78 bits per heavy atom. The van der Waals surface area contributed by atoms with E-state index in [4.69, 9.17) is 55.9 Å². The van der Waals surface area contributed by atoms with E-state index >= 15 is 0 Å². The summed E-state index contributed by atoms with van der Waals surface area (Å²) in [7, 11) is 0. The van der Waals surface area contributed by atoms with Gasteiger partial charge in [0.15, 0.2) is 11.3 Å². The van der Waals surface area contributed by atoms with Crippen LogP contribution in [0.2, 0.25) is 20.1 Å². The molecule has 0 N–H and O–H groups in total. The molecular formula is C34H24Cl4N4O4. The summed E-state index contributed by atoms with van der Waals surface area (Å²) in [5, 5.41) is 3.29. The molecule has 0 unspecified atom stereocenters. The van der Waals surface area contributed by atoms with Crippen LogP contribution in [0.1, 0.15) is 24.0 Å². The van der Waals surface area contributed by atoms with Crippen LogP contribution in [0.25, 0.3) is 33.4 Å². The number of hydrogen-bond acceptors (Lipinski definition) is 6. The van der Waals surface area contributed by atoms with Crippen molar-refractivity contribution < 1.29 is 9.47 Å². The molecule has 8 nitrogen and oxygen atoms in total. The molecule has 2 aliphatic rings. The van der Waals surface area contributed by atoms with Gasteiger partial charge in [0, 0.05) is 17.4 Å². The van der Waals surface area contributed by atoms with Crippen molar-refractivity contribution in [2.24, 2.45) is 0 Å². The first-order valence-corrected chi connectivity index (χ1v) is 16.1. The maximum Gasteiger partial charge on any atom is 0.263 e. The number of halogens is 4. The van der Waals surface area contributed by atoms with E-state index in [1.54, 1.807) is 48.8 Å². The lowest BCUT2D eigenvalue weighted by atomic mass is 10.1. The molecule has 4 aromatic heterocycles. The number of pyridine rings is 4. The van der Waals surface area contributed by atoms with E-state index in [0.717, 1.165) is 23.6 Å². The van der Waals surface area contributed by atoms with Crippen molar-refractivity contribution in [2.45, 2.75) is 25.7 Å². The van der Waals surface area contributed by atoms with Gasteiger partial charge in [-0.15, -0.1) is 0 Å². The Balaban J connectivity index is 0.000000147. The third-order valence-corrected chi connectivity index (χ3v) is 9.28. The Labute approximate surface area is 282 Å². The maximum atomic E-state index is 13.0. The molecule has 0 atom stereocenters. The number of aromatic nitrogens is 4. The van der Waals surface area contributed by atoms with E-state index in [0.29, 0.717) is 91.4 Å². The van der Waals surface area contributed by atoms with Gasteiger partial charge in [-0.25, -0.2) is 9.97 Å². The summed E-state index contributed by atoms with van der Waals surface area (Å²) < 4.78 is 14.5. The first kappa shape index (κ1) is 30.6. The fourth-order valence-corrected chi connectivity index (χ4v) is 6.62. The molecule has 0 aliphatic carbocycles. The smallest absolute Gasteiger partial charge is 0.263 e. The highest BCUT2D eigenvalue weighted by Crippen LogP contribution is 2.35. The molecule has 0 amide bonds. The summed E-state index contributed by atoms with van der Waals surface area (Å²) in [6.07, 6.45) is 6.28. The first-order chi connectivity index (χ1) is 22.3. The minimum atomic E-state index is -0.157. The van der Waals surface area contributed by atoms with Gasteiger partial charge in [0.05, 0.1) is 61.6 Å². The molecule has 2 aliphatic heterocycles. The second kappa shape index (κ2) is 12.6. The summed E-state index contributed by atoms with van der Waals surface area (Å²) in [5.41, 5.74) is 3.10. The minimum absolute atomic E-state index is 0.157. The van der Waals surface area contributed by atoms with Gasteiger partial charge in [-0.05, 0) is 80.3 Å². The van der Waals surface area contributed by atoms with E-state index in [2.05, 4.69) is 9.97 Å². The largest absolute Gasteiger partial charge is 0.492 e. The molecule has 6 heterocycles. The van der Waals surface area contributed by atoms with E-state index < -0.39 is 0 Å². The van der Waals surface area contributed by atoms with E-state index in [1.807, 2.05) is 24.3 Å². The molecule has 0 radical (unpaired) electrons. The molecule has 2 aromatic carbocycles. The molecule has 0 bridgehead atoms. The lowest BCUT2D eigenvalue weighted by molar-refractivity contribution is 0.290. The van der Waals surface area contributed by atoms with Gasteiger partial charge in [0.2, 0.25) is 0 Å². The average molecular weight is 694 g/mol. The monoisotopic (exact) mass is 692 g/mol. The predicted molar refractivity (Wildman–Crippen MR) is 182 cm³/mol. The summed E-state index contributed by atoms with van der Waals surface area (Å²) in [5.74, 6) is 1.28. The fourth-order valence-electron chi connectivity index (χ4n) is 5.87. The van der Waals surface area contributed by atoms with Gasteiger partial charge >= 0.3 is 0 Å². The highest BCUT2D eigenvalue weighted by Gasteiger charge is 2.25. The van der Waals surface area contributed by atoms with Crippen LogP contribution in [-0.2, 0) is 12.8 Å². The molecule has 232 valence electrons. The van der Waals surface area contributed by atoms with Crippen LogP contribution in [0.3, 0.4) is 0 Å². The van der Waals surface area contributed by atoms with Crippen LogP contribution in [0.5, 0.6) is 11.5 Å². The molecule has 6 aromatic rings. The second-order valence-corrected chi connectivity index (χ2v) is 12.3. The summed E-state index contributed by atoms with van der Waals surface area (Å²) in [4.78, 5) is 34.8. The molecule has 0 fully saturated rings. The Bertz CT molecular complexity index is 2170. The van der Waals surface area contributed by atoms with Gasteiger partial charge in [0.25, 0.3) is 11.1 Å². The zero-order valence-electron chi connectivity index (χ0n) is 24.1. The highest BCUT2D eigenvalue weighted by molar-refractivity contribution is 6.43. The van der Waals surface area contributed by atoms with Gasteiger partial charge in [-0.1, -0.05) is 52.5 Å². The van der Waals surface area contributed by atoms with Crippen molar-refractivity contribution in [1.29, 1.82) is 0 Å². The number of hydrogen-bond donors (Lipinski definition) is 0. The standard InChI is InChI=1S/2C17H12Cl2N2O2/c18-12-6-1-7-13(14(12)19)21-16-10(4-2-8-20-16)15-11(17(21)22)5-3-9-23-15;18-10-5-6-13(19)14(9-10)21-16-11(3-1-7-20-16)15-12(17(21)22)4-2-8-23-15/h1-2,4,6-8H,3,5,9H2;1,3,5-7,9H,2,4,8H2. The van der Waals surface area contributed by atoms with Crippen molar-refractivity contribution in [1.82, 2.24) is 19.1 Å². The van der Waals surface area contributed by atoms with Crippen LogP contribution in [0, 0.1) is 0 Å². The minimum Gasteiger partial charge on any atom is -0.492 e. The van der Waals surface area contributed by atoms with E-state index in [9.17, 15) is 9.59 Å². The SMILES string of the molecule is O=c1c2c(c3cccnc3n1-c1cc(Cl)ccc1Cl)OCCC2.O=c1c2c(c3cccnc3n1-c1cccc(Cl)c1Cl)OCCC2. The number of rotatable bonds is 2.